The first kappa shape index (κ1) is 34.8. The minimum Gasteiger partial charge on any atom is -0.463 e. The quantitative estimate of drug-likeness (QED) is 0.318. The normalized spacial score (nSPS) is 33.0. The van der Waals surface area contributed by atoms with Crippen LogP contribution in [0.1, 0.15) is 38.3 Å². The van der Waals surface area contributed by atoms with Crippen LogP contribution in [0, 0.1) is 17.8 Å². The highest BCUT2D eigenvalue weighted by atomic mass is 79.9. The van der Waals surface area contributed by atoms with Crippen molar-refractivity contribution in [1.82, 2.24) is 20.0 Å². The maximum absolute atomic E-state index is 14.9. The Labute approximate surface area is 289 Å². The van der Waals surface area contributed by atoms with E-state index in [1.54, 1.807) is 11.0 Å². The summed E-state index contributed by atoms with van der Waals surface area (Å²) in [4.78, 5) is 62.1. The van der Waals surface area contributed by atoms with Crippen LogP contribution < -0.4 is 5.32 Å². The van der Waals surface area contributed by atoms with Crippen molar-refractivity contribution in [2.45, 2.75) is 56.5 Å². The number of nitrogens with one attached hydrogen (secondary N) is 1. The fourth-order valence-corrected chi connectivity index (χ4v) is 8.44. The summed E-state index contributed by atoms with van der Waals surface area (Å²) in [6.45, 7) is 7.35. The molecule has 260 valence electrons. The van der Waals surface area contributed by atoms with Gasteiger partial charge in [-0.1, -0.05) is 72.3 Å². The second-order valence-electron chi connectivity index (χ2n) is 13.5. The van der Waals surface area contributed by atoms with Crippen LogP contribution in [0.4, 0.5) is 0 Å². The first-order valence-corrected chi connectivity index (χ1v) is 17.7. The first-order valence-electron chi connectivity index (χ1n) is 16.9. The van der Waals surface area contributed by atoms with Crippen molar-refractivity contribution in [3.8, 4) is 0 Å². The van der Waals surface area contributed by atoms with Crippen molar-refractivity contribution in [3.05, 3.63) is 58.6 Å². The van der Waals surface area contributed by atoms with Crippen molar-refractivity contribution in [2.24, 2.45) is 17.8 Å². The number of aliphatic hydroxyl groups excluding tert-OH is 1. The number of carbonyl (C=O) groups excluding carboxylic acids is 4. The molecule has 3 amide bonds. The summed E-state index contributed by atoms with van der Waals surface area (Å²) in [6, 6.07) is 6.77. The number of likely N-dealkylation sites (tertiary alicyclic amines) is 1. The molecule has 5 aliphatic rings. The molecule has 7 atom stereocenters. The molecule has 0 unspecified atom stereocenters. The van der Waals surface area contributed by atoms with Crippen molar-refractivity contribution in [2.75, 3.05) is 59.2 Å². The Balaban J connectivity index is 1.41. The Morgan fingerprint density at radius 2 is 1.79 bits per heavy atom. The predicted octanol–water partition coefficient (Wildman–Crippen LogP) is 1.79. The molecule has 0 saturated carbocycles. The molecule has 13 heteroatoms. The highest BCUT2D eigenvalue weighted by Gasteiger charge is 2.75. The summed E-state index contributed by atoms with van der Waals surface area (Å²) < 4.78 is 18.4. The lowest BCUT2D eigenvalue weighted by atomic mass is 9.74. The topological polar surface area (TPSA) is 138 Å². The van der Waals surface area contributed by atoms with Crippen molar-refractivity contribution in [1.29, 1.82) is 0 Å². The Morgan fingerprint density at radius 1 is 1.04 bits per heavy atom. The summed E-state index contributed by atoms with van der Waals surface area (Å²) in [5.41, 5.74) is -0.681. The average Bonchev–Trinajstić information content (AvgIpc) is 3.68. The van der Waals surface area contributed by atoms with Crippen LogP contribution in [0.2, 0.25) is 0 Å². The van der Waals surface area contributed by atoms with Crippen LogP contribution >= 0.6 is 15.9 Å². The van der Waals surface area contributed by atoms with Crippen molar-refractivity contribution < 1.29 is 38.5 Å². The highest BCUT2D eigenvalue weighted by Crippen LogP contribution is 2.59. The van der Waals surface area contributed by atoms with E-state index in [4.69, 9.17) is 14.2 Å². The third-order valence-corrected chi connectivity index (χ3v) is 10.9. The molecule has 0 aliphatic carbocycles. The van der Waals surface area contributed by atoms with E-state index in [0.29, 0.717) is 37.2 Å². The van der Waals surface area contributed by atoms with Gasteiger partial charge in [0.25, 0.3) is 0 Å². The number of cyclic esters (lactones) is 1. The van der Waals surface area contributed by atoms with Crippen LogP contribution in [0.5, 0.6) is 0 Å². The molecule has 3 fully saturated rings. The summed E-state index contributed by atoms with van der Waals surface area (Å²) in [5.74, 6) is -3.71. The molecular formula is C35H45BrN4O8. The fourth-order valence-electron chi connectivity index (χ4n) is 7.71. The summed E-state index contributed by atoms with van der Waals surface area (Å²) in [7, 11) is 0. The molecule has 48 heavy (non-hydrogen) atoms. The van der Waals surface area contributed by atoms with Gasteiger partial charge in [0.1, 0.15) is 24.4 Å². The molecular weight excluding hydrogens is 684 g/mol. The number of ether oxygens (including phenoxy) is 3. The van der Waals surface area contributed by atoms with Gasteiger partial charge in [0.2, 0.25) is 17.7 Å². The maximum atomic E-state index is 14.9. The van der Waals surface area contributed by atoms with E-state index in [1.165, 1.54) is 4.90 Å². The minimum absolute atomic E-state index is 0.0835. The summed E-state index contributed by atoms with van der Waals surface area (Å²) >= 11 is 3.62. The van der Waals surface area contributed by atoms with E-state index in [2.05, 4.69) is 26.1 Å². The summed E-state index contributed by atoms with van der Waals surface area (Å²) in [6.07, 6.45) is 5.29. The molecule has 1 aromatic carbocycles. The SMILES string of the molecule is CC(C)[C@H](CO)N1C(=O)[C@H]2[C@@H]3C(=O)N[C@H](c4ccccc4)COC(=O)CC/C=C\CN(CCN4CCOCC4)C(=O)[C@H]1[C@@]21C=C(Br)[C@@H]3O1. The van der Waals surface area contributed by atoms with E-state index < -0.39 is 59.5 Å². The van der Waals surface area contributed by atoms with Crippen LogP contribution in [0.3, 0.4) is 0 Å². The number of nitrogens with zero attached hydrogens (tertiary/aromatic N) is 3. The monoisotopic (exact) mass is 728 g/mol. The molecule has 1 spiro atoms. The molecule has 1 aromatic rings. The minimum atomic E-state index is -1.43. The smallest absolute Gasteiger partial charge is 0.306 e. The average molecular weight is 730 g/mol. The van der Waals surface area contributed by atoms with Gasteiger partial charge in [0, 0.05) is 43.6 Å². The lowest BCUT2D eigenvalue weighted by molar-refractivity contribution is -0.151. The number of halogens is 1. The van der Waals surface area contributed by atoms with E-state index >= 15 is 0 Å². The predicted molar refractivity (Wildman–Crippen MR) is 178 cm³/mol. The second-order valence-corrected chi connectivity index (χ2v) is 14.4. The van der Waals surface area contributed by atoms with Gasteiger partial charge in [-0.15, -0.1) is 0 Å². The van der Waals surface area contributed by atoms with Gasteiger partial charge in [0.05, 0.1) is 43.7 Å². The number of hydrogen-bond acceptors (Lipinski definition) is 9. The van der Waals surface area contributed by atoms with Crippen molar-refractivity contribution >= 4 is 39.6 Å². The Hall–Kier alpha value is -3.10. The number of morpholine rings is 1. The van der Waals surface area contributed by atoms with Gasteiger partial charge >= 0.3 is 5.97 Å². The van der Waals surface area contributed by atoms with E-state index in [1.807, 2.05) is 56.3 Å². The lowest BCUT2D eigenvalue weighted by Crippen LogP contribution is -2.60. The van der Waals surface area contributed by atoms with Crippen LogP contribution in [0.15, 0.2) is 53.0 Å². The van der Waals surface area contributed by atoms with Crippen LogP contribution in [-0.2, 0) is 33.4 Å². The Morgan fingerprint density at radius 3 is 2.50 bits per heavy atom. The molecule has 5 heterocycles. The molecule has 0 radical (unpaired) electrons. The zero-order chi connectivity index (χ0) is 34.0. The fraction of sp³-hybridized carbons (Fsp3) is 0.600. The lowest BCUT2D eigenvalue weighted by Gasteiger charge is -2.40. The molecule has 3 saturated heterocycles. The largest absolute Gasteiger partial charge is 0.463 e. The summed E-state index contributed by atoms with van der Waals surface area (Å²) in [5, 5.41) is 13.7. The number of esters is 1. The van der Waals surface area contributed by atoms with Gasteiger partial charge in [-0.2, -0.15) is 0 Å². The van der Waals surface area contributed by atoms with Gasteiger partial charge < -0.3 is 34.4 Å². The number of benzene rings is 1. The van der Waals surface area contributed by atoms with Gasteiger partial charge in [0.15, 0.2) is 0 Å². The number of carbonyl (C=O) groups is 4. The molecule has 5 aliphatic heterocycles. The van der Waals surface area contributed by atoms with Gasteiger partial charge in [-0.3, -0.25) is 24.1 Å². The van der Waals surface area contributed by atoms with Gasteiger partial charge in [-0.25, -0.2) is 0 Å². The maximum Gasteiger partial charge on any atom is 0.306 e. The number of rotatable bonds is 7. The third kappa shape index (κ3) is 6.59. The Bertz CT molecular complexity index is 1430. The van der Waals surface area contributed by atoms with Crippen LogP contribution in [-0.4, -0.2) is 126 Å². The van der Waals surface area contributed by atoms with E-state index in [9.17, 15) is 24.3 Å². The number of amides is 3. The first-order chi connectivity index (χ1) is 23.2. The zero-order valence-corrected chi connectivity index (χ0v) is 29.0. The molecule has 6 rings (SSSR count). The number of fused-ring (bicyclic) bond motifs is 2. The van der Waals surface area contributed by atoms with Crippen LogP contribution in [0.25, 0.3) is 0 Å². The zero-order valence-electron chi connectivity index (χ0n) is 27.5. The second kappa shape index (κ2) is 14.8. The van der Waals surface area contributed by atoms with Gasteiger partial charge in [-0.05, 0) is 24.0 Å². The number of allylic oxidation sites excluding steroid dienone is 1. The van der Waals surface area contributed by atoms with E-state index in [0.717, 1.165) is 18.7 Å². The van der Waals surface area contributed by atoms with E-state index in [-0.39, 0.29) is 38.0 Å². The number of hydrogen-bond donors (Lipinski definition) is 2. The standard InChI is InChI=1S/C35H45BrN4O8/c1-22(2)26(20-41)40-31-34(45)39(14-13-38-15-17-46-18-16-38)12-8-4-7-11-27(42)47-21-25(23-9-5-3-6-10-23)37-32(43)28-29(33(40)44)35(31)19-24(36)30(28)48-35/h3-6,8-10,19,22,25-26,28-31,41H,7,11-18,20-21H2,1-2H3,(H,37,43)/b8-4-/t25-,26-,28-,29+,30-,31-,35+/m0/s1. The molecule has 5 bridgehead atoms. The Kier molecular flexibility index (Phi) is 10.7. The molecule has 12 nitrogen and oxygen atoms in total. The highest BCUT2D eigenvalue weighted by molar-refractivity contribution is 9.11. The van der Waals surface area contributed by atoms with Crippen molar-refractivity contribution in [3.63, 3.8) is 0 Å². The number of aliphatic hydroxyl groups is 1. The molecule has 0 aromatic heterocycles. The molecule has 2 N–H and O–H groups in total. The third-order valence-electron chi connectivity index (χ3n) is 10.3.